The molecule has 1 aromatic heterocycles. The number of esters is 1. The lowest BCUT2D eigenvalue weighted by atomic mass is 10.3. The van der Waals surface area contributed by atoms with Gasteiger partial charge in [-0.05, 0) is 19.1 Å². The first-order chi connectivity index (χ1) is 10.1. The summed E-state index contributed by atoms with van der Waals surface area (Å²) in [6, 6.07) is 9.11. The number of carbonyl (C=O) groups excluding carboxylic acids is 2. The summed E-state index contributed by atoms with van der Waals surface area (Å²) >= 11 is 0. The number of rotatable bonds is 4. The lowest BCUT2D eigenvalue weighted by Crippen LogP contribution is -2.31. The average molecular weight is 285 g/mol. The van der Waals surface area contributed by atoms with Gasteiger partial charge in [0.05, 0.1) is 11.9 Å². The molecule has 21 heavy (non-hydrogen) atoms. The first-order valence-electron chi connectivity index (χ1n) is 6.35. The van der Waals surface area contributed by atoms with Gasteiger partial charge in [0.2, 0.25) is 0 Å². The number of amides is 1. The van der Waals surface area contributed by atoms with E-state index in [0.717, 1.165) is 5.69 Å². The molecule has 1 aromatic carbocycles. The van der Waals surface area contributed by atoms with Crippen LogP contribution in [0.1, 0.15) is 16.2 Å². The first kappa shape index (κ1) is 14.6. The van der Waals surface area contributed by atoms with Crippen molar-refractivity contribution in [1.29, 1.82) is 0 Å². The number of para-hydroxylation sites is 1. The maximum atomic E-state index is 11.9. The molecule has 1 heterocycles. The van der Waals surface area contributed by atoms with Crippen molar-refractivity contribution in [2.45, 2.75) is 6.92 Å². The summed E-state index contributed by atoms with van der Waals surface area (Å²) in [6.45, 7) is 1.42. The molecule has 0 radical (unpaired) electrons. The van der Waals surface area contributed by atoms with Gasteiger partial charge < -0.3 is 9.64 Å². The van der Waals surface area contributed by atoms with Gasteiger partial charge >= 0.3 is 5.97 Å². The highest BCUT2D eigenvalue weighted by atomic mass is 16.5. The van der Waals surface area contributed by atoms with Crippen molar-refractivity contribution in [3.63, 3.8) is 0 Å². The maximum absolute atomic E-state index is 11.9. The molecule has 6 nitrogen and oxygen atoms in total. The van der Waals surface area contributed by atoms with Crippen LogP contribution >= 0.6 is 0 Å². The van der Waals surface area contributed by atoms with Crippen LogP contribution < -0.4 is 4.90 Å². The summed E-state index contributed by atoms with van der Waals surface area (Å²) in [6.07, 6.45) is 2.79. The van der Waals surface area contributed by atoms with Crippen LogP contribution in [0.3, 0.4) is 0 Å². The Labute approximate surface area is 122 Å². The molecular formula is C15H15N3O3. The number of aryl methyl sites for hydroxylation is 1. The first-order valence-corrected chi connectivity index (χ1v) is 6.35. The van der Waals surface area contributed by atoms with Gasteiger partial charge in [-0.15, -0.1) is 0 Å². The highest BCUT2D eigenvalue weighted by Crippen LogP contribution is 2.11. The van der Waals surface area contributed by atoms with Crippen molar-refractivity contribution in [3.8, 4) is 0 Å². The predicted octanol–water partition coefficient (Wildman–Crippen LogP) is 1.60. The van der Waals surface area contributed by atoms with E-state index in [-0.39, 0.29) is 18.2 Å². The van der Waals surface area contributed by atoms with E-state index in [2.05, 4.69) is 9.97 Å². The fourth-order valence-electron chi connectivity index (χ4n) is 1.59. The van der Waals surface area contributed by atoms with Crippen LogP contribution in [0.15, 0.2) is 42.7 Å². The lowest BCUT2D eigenvalue weighted by molar-refractivity contribution is -0.121. The number of benzene rings is 1. The van der Waals surface area contributed by atoms with Gasteiger partial charge in [-0.1, -0.05) is 18.2 Å². The lowest BCUT2D eigenvalue weighted by Gasteiger charge is -2.16. The number of likely N-dealkylation sites (N-methyl/N-ethyl adjacent to an activating group) is 1. The van der Waals surface area contributed by atoms with Crippen LogP contribution in [0.4, 0.5) is 5.69 Å². The minimum absolute atomic E-state index is 0.0794. The minimum atomic E-state index is -0.669. The molecule has 0 aliphatic carbocycles. The van der Waals surface area contributed by atoms with Crippen LogP contribution in [0, 0.1) is 6.92 Å². The normalized spacial score (nSPS) is 10.0. The number of carbonyl (C=O) groups is 2. The Hall–Kier alpha value is -2.76. The summed E-state index contributed by atoms with van der Waals surface area (Å²) in [4.78, 5) is 32.9. The Bertz CT molecular complexity index is 626. The van der Waals surface area contributed by atoms with Crippen molar-refractivity contribution in [3.05, 3.63) is 54.1 Å². The number of hydrogen-bond donors (Lipinski definition) is 0. The number of aromatic nitrogens is 2. The van der Waals surface area contributed by atoms with Crippen LogP contribution in [-0.4, -0.2) is 35.5 Å². The predicted molar refractivity (Wildman–Crippen MR) is 76.9 cm³/mol. The van der Waals surface area contributed by atoms with E-state index in [4.69, 9.17) is 4.74 Å². The van der Waals surface area contributed by atoms with E-state index in [0.29, 0.717) is 5.69 Å². The molecule has 0 saturated carbocycles. The molecular weight excluding hydrogens is 270 g/mol. The third-order valence-electron chi connectivity index (χ3n) is 2.83. The Morgan fingerprint density at radius 1 is 1.14 bits per heavy atom. The van der Waals surface area contributed by atoms with Gasteiger partial charge in [-0.3, -0.25) is 9.78 Å². The highest BCUT2D eigenvalue weighted by Gasteiger charge is 2.15. The second-order valence-electron chi connectivity index (χ2n) is 4.41. The van der Waals surface area contributed by atoms with Gasteiger partial charge in [0, 0.05) is 18.9 Å². The topological polar surface area (TPSA) is 72.4 Å². The third-order valence-corrected chi connectivity index (χ3v) is 2.83. The maximum Gasteiger partial charge on any atom is 0.359 e. The van der Waals surface area contributed by atoms with Crippen molar-refractivity contribution >= 4 is 17.6 Å². The van der Waals surface area contributed by atoms with Gasteiger partial charge in [-0.25, -0.2) is 9.78 Å². The molecule has 0 aliphatic rings. The number of nitrogens with zero attached hydrogens (tertiary/aromatic N) is 3. The van der Waals surface area contributed by atoms with Gasteiger partial charge in [-0.2, -0.15) is 0 Å². The molecule has 0 saturated heterocycles. The summed E-state index contributed by atoms with van der Waals surface area (Å²) < 4.78 is 4.94. The fraction of sp³-hybridized carbons (Fsp3) is 0.200. The van der Waals surface area contributed by atoms with E-state index in [1.807, 2.05) is 18.2 Å². The standard InChI is InChI=1S/C15H15N3O3/c1-11-8-17-13(9-16-11)15(20)21-10-14(19)18(2)12-6-4-3-5-7-12/h3-9H,10H2,1-2H3. The van der Waals surface area contributed by atoms with Gasteiger partial charge in [0.15, 0.2) is 12.3 Å². The monoisotopic (exact) mass is 285 g/mol. The molecule has 1 amide bonds. The van der Waals surface area contributed by atoms with Crippen LogP contribution in [0.5, 0.6) is 0 Å². The zero-order chi connectivity index (χ0) is 15.2. The highest BCUT2D eigenvalue weighted by molar-refractivity contribution is 5.96. The molecule has 0 spiro atoms. The molecule has 0 atom stereocenters. The van der Waals surface area contributed by atoms with E-state index < -0.39 is 5.97 Å². The van der Waals surface area contributed by atoms with Crippen LogP contribution in [0.25, 0.3) is 0 Å². The second-order valence-corrected chi connectivity index (χ2v) is 4.41. The minimum Gasteiger partial charge on any atom is -0.451 e. The smallest absolute Gasteiger partial charge is 0.359 e. The zero-order valence-electron chi connectivity index (χ0n) is 11.8. The molecule has 2 rings (SSSR count). The third kappa shape index (κ3) is 3.85. The molecule has 6 heteroatoms. The average Bonchev–Trinajstić information content (AvgIpc) is 2.53. The molecule has 2 aromatic rings. The largest absolute Gasteiger partial charge is 0.451 e. The van der Waals surface area contributed by atoms with Crippen molar-refractivity contribution in [2.75, 3.05) is 18.6 Å². The number of hydrogen-bond acceptors (Lipinski definition) is 5. The molecule has 108 valence electrons. The molecule has 0 bridgehead atoms. The van der Waals surface area contributed by atoms with Crippen LogP contribution in [-0.2, 0) is 9.53 Å². The van der Waals surface area contributed by atoms with Gasteiger partial charge in [0.1, 0.15) is 0 Å². The molecule has 0 fully saturated rings. The summed E-state index contributed by atoms with van der Waals surface area (Å²) in [5, 5.41) is 0. The van der Waals surface area contributed by atoms with E-state index in [1.165, 1.54) is 17.3 Å². The zero-order valence-corrected chi connectivity index (χ0v) is 11.8. The SMILES string of the molecule is Cc1cnc(C(=O)OCC(=O)N(C)c2ccccc2)cn1. The van der Waals surface area contributed by atoms with Crippen molar-refractivity contribution in [2.24, 2.45) is 0 Å². The Kier molecular flexibility index (Phi) is 4.61. The van der Waals surface area contributed by atoms with E-state index >= 15 is 0 Å². The Morgan fingerprint density at radius 3 is 2.48 bits per heavy atom. The van der Waals surface area contributed by atoms with Gasteiger partial charge in [0.25, 0.3) is 5.91 Å². The molecule has 0 aliphatic heterocycles. The fourth-order valence-corrected chi connectivity index (χ4v) is 1.59. The Balaban J connectivity index is 1.92. The van der Waals surface area contributed by atoms with Crippen LogP contribution in [0.2, 0.25) is 0 Å². The number of ether oxygens (including phenoxy) is 1. The van der Waals surface area contributed by atoms with Crippen molar-refractivity contribution < 1.29 is 14.3 Å². The second kappa shape index (κ2) is 6.60. The molecule has 0 N–H and O–H groups in total. The summed E-state index contributed by atoms with van der Waals surface area (Å²) in [7, 11) is 1.62. The quantitative estimate of drug-likeness (QED) is 0.798. The van der Waals surface area contributed by atoms with E-state index in [9.17, 15) is 9.59 Å². The van der Waals surface area contributed by atoms with E-state index in [1.54, 1.807) is 26.1 Å². The summed E-state index contributed by atoms with van der Waals surface area (Å²) in [5.74, 6) is -0.994. The Morgan fingerprint density at radius 2 is 1.86 bits per heavy atom. The number of anilines is 1. The molecule has 0 unspecified atom stereocenters. The van der Waals surface area contributed by atoms with Crippen molar-refractivity contribution in [1.82, 2.24) is 9.97 Å². The summed E-state index contributed by atoms with van der Waals surface area (Å²) in [5.41, 5.74) is 1.51.